The number of pyridine rings is 1. The van der Waals surface area contributed by atoms with Gasteiger partial charge in [0.15, 0.2) is 0 Å². The van der Waals surface area contributed by atoms with E-state index in [0.29, 0.717) is 4.31 Å². The molecule has 0 aliphatic carbocycles. The lowest BCUT2D eigenvalue weighted by Crippen LogP contribution is -2.47. The van der Waals surface area contributed by atoms with Crippen LogP contribution in [0, 0.1) is 0 Å². The zero-order valence-corrected chi connectivity index (χ0v) is 14.1. The zero-order chi connectivity index (χ0) is 17.9. The number of benzene rings is 1. The fraction of sp³-hybridized carbons (Fsp3) is 0.235. The Hall–Kier alpha value is -2.74. The molecule has 8 heteroatoms. The third-order valence-corrected chi connectivity index (χ3v) is 5.82. The maximum absolute atomic E-state index is 12.8. The minimum Gasteiger partial charge on any atom is -0.350 e. The van der Waals surface area contributed by atoms with Gasteiger partial charge in [-0.25, -0.2) is 12.7 Å². The van der Waals surface area contributed by atoms with Crippen LogP contribution >= 0.6 is 0 Å². The van der Waals surface area contributed by atoms with Crippen LogP contribution in [0.1, 0.15) is 18.4 Å². The van der Waals surface area contributed by atoms with Crippen LogP contribution in [0.5, 0.6) is 0 Å². The lowest BCUT2D eigenvalue weighted by Gasteiger charge is -2.23. The molecule has 1 aliphatic rings. The number of amides is 2. The number of sulfonamides is 1. The van der Waals surface area contributed by atoms with Crippen molar-refractivity contribution in [3.05, 3.63) is 60.4 Å². The van der Waals surface area contributed by atoms with Crippen molar-refractivity contribution in [3.63, 3.8) is 0 Å². The average Bonchev–Trinajstić information content (AvgIpc) is 3.04. The molecular weight excluding hydrogens is 342 g/mol. The fourth-order valence-electron chi connectivity index (χ4n) is 2.71. The van der Waals surface area contributed by atoms with Crippen molar-refractivity contribution in [2.24, 2.45) is 0 Å². The predicted octanol–water partition coefficient (Wildman–Crippen LogP) is 1.08. The third-order valence-electron chi connectivity index (χ3n) is 3.98. The smallest absolute Gasteiger partial charge is 0.267 e. The summed E-state index contributed by atoms with van der Waals surface area (Å²) in [5, 5.41) is 2.69. The molecule has 0 bridgehead atoms. The van der Waals surface area contributed by atoms with Gasteiger partial charge in [-0.3, -0.25) is 14.6 Å². The summed E-state index contributed by atoms with van der Waals surface area (Å²) in [5.41, 5.74) is 0.838. The monoisotopic (exact) mass is 359 g/mol. The van der Waals surface area contributed by atoms with Gasteiger partial charge < -0.3 is 5.32 Å². The summed E-state index contributed by atoms with van der Waals surface area (Å²) in [4.78, 5) is 28.5. The molecule has 1 N–H and O–H groups in total. The first kappa shape index (κ1) is 17.1. The molecule has 0 saturated carbocycles. The van der Waals surface area contributed by atoms with Gasteiger partial charge in [0, 0.05) is 25.4 Å². The van der Waals surface area contributed by atoms with E-state index in [-0.39, 0.29) is 24.3 Å². The molecule has 1 saturated heterocycles. The summed E-state index contributed by atoms with van der Waals surface area (Å²) < 4.78 is 26.2. The van der Waals surface area contributed by atoms with E-state index in [1.165, 1.54) is 12.1 Å². The van der Waals surface area contributed by atoms with Crippen molar-refractivity contribution < 1.29 is 18.0 Å². The minimum absolute atomic E-state index is 0.00261. The summed E-state index contributed by atoms with van der Waals surface area (Å²) in [6.07, 6.45) is 3.41. The lowest BCUT2D eigenvalue weighted by molar-refractivity contribution is -0.130. The molecule has 1 aromatic carbocycles. The topological polar surface area (TPSA) is 96.4 Å². The van der Waals surface area contributed by atoms with Gasteiger partial charge >= 0.3 is 0 Å². The number of hydrogen-bond donors (Lipinski definition) is 1. The third kappa shape index (κ3) is 3.53. The average molecular weight is 359 g/mol. The van der Waals surface area contributed by atoms with Crippen molar-refractivity contribution in [3.8, 4) is 0 Å². The molecule has 1 atom stereocenters. The van der Waals surface area contributed by atoms with E-state index in [0.717, 1.165) is 5.56 Å². The van der Waals surface area contributed by atoms with E-state index < -0.39 is 27.9 Å². The molecule has 1 aromatic heterocycles. The molecule has 0 spiro atoms. The Morgan fingerprint density at radius 1 is 1.16 bits per heavy atom. The van der Waals surface area contributed by atoms with Crippen LogP contribution in [-0.2, 0) is 26.2 Å². The van der Waals surface area contributed by atoms with Gasteiger partial charge in [-0.1, -0.05) is 18.2 Å². The molecule has 1 unspecified atom stereocenters. The quantitative estimate of drug-likeness (QED) is 0.862. The van der Waals surface area contributed by atoms with Crippen LogP contribution < -0.4 is 5.32 Å². The first-order valence-corrected chi connectivity index (χ1v) is 9.23. The number of nitrogens with zero attached hydrogens (tertiary/aromatic N) is 2. The zero-order valence-electron chi connectivity index (χ0n) is 13.3. The van der Waals surface area contributed by atoms with E-state index in [2.05, 4.69) is 10.3 Å². The van der Waals surface area contributed by atoms with Crippen molar-refractivity contribution >= 4 is 21.8 Å². The Bertz CT molecular complexity index is 869. The fourth-order valence-corrected chi connectivity index (χ4v) is 4.34. The summed E-state index contributed by atoms with van der Waals surface area (Å²) >= 11 is 0. The van der Waals surface area contributed by atoms with Crippen LogP contribution in [0.4, 0.5) is 0 Å². The predicted molar refractivity (Wildman–Crippen MR) is 89.6 cm³/mol. The maximum atomic E-state index is 12.8. The standard InChI is InChI=1S/C17H17N3O4S/c21-16-7-6-15(17(22)19-12-13-8-10-18-11-9-13)20(16)25(23,24)14-4-2-1-3-5-14/h1-5,8-11,15H,6-7,12H2,(H,19,22). The van der Waals surface area contributed by atoms with Gasteiger partial charge in [0.25, 0.3) is 10.0 Å². The number of carbonyl (C=O) groups excluding carboxylic acids is 2. The number of aromatic nitrogens is 1. The Labute approximate surface area is 145 Å². The maximum Gasteiger partial charge on any atom is 0.267 e. The molecule has 1 fully saturated rings. The molecule has 25 heavy (non-hydrogen) atoms. The molecule has 2 heterocycles. The molecular formula is C17H17N3O4S. The Morgan fingerprint density at radius 2 is 1.84 bits per heavy atom. The minimum atomic E-state index is -4.05. The Balaban J connectivity index is 1.79. The van der Waals surface area contributed by atoms with Gasteiger partial charge in [0.1, 0.15) is 6.04 Å². The van der Waals surface area contributed by atoms with Gasteiger partial charge in [-0.15, -0.1) is 0 Å². The SMILES string of the molecule is O=C(NCc1ccncc1)C1CCC(=O)N1S(=O)(=O)c1ccccc1. The summed E-state index contributed by atoms with van der Waals surface area (Å²) in [5.74, 6) is -1.05. The highest BCUT2D eigenvalue weighted by molar-refractivity contribution is 7.89. The number of rotatable bonds is 5. The van der Waals surface area contributed by atoms with Gasteiger partial charge in [0.2, 0.25) is 11.8 Å². The lowest BCUT2D eigenvalue weighted by atomic mass is 10.2. The van der Waals surface area contributed by atoms with Crippen LogP contribution in [-0.4, -0.2) is 35.6 Å². The molecule has 0 radical (unpaired) electrons. The van der Waals surface area contributed by atoms with Gasteiger partial charge in [-0.05, 0) is 36.2 Å². The van der Waals surface area contributed by atoms with Crippen LogP contribution in [0.3, 0.4) is 0 Å². The summed E-state index contributed by atoms with van der Waals surface area (Å²) in [6.45, 7) is 0.241. The van der Waals surface area contributed by atoms with Crippen molar-refractivity contribution in [1.29, 1.82) is 0 Å². The Kier molecular flexibility index (Phi) is 4.80. The number of nitrogens with one attached hydrogen (secondary N) is 1. The largest absolute Gasteiger partial charge is 0.350 e. The van der Waals surface area contributed by atoms with E-state index in [1.807, 2.05) is 0 Å². The van der Waals surface area contributed by atoms with Crippen molar-refractivity contribution in [2.45, 2.75) is 30.3 Å². The van der Waals surface area contributed by atoms with E-state index in [1.54, 1.807) is 42.7 Å². The van der Waals surface area contributed by atoms with Crippen LogP contribution in [0.25, 0.3) is 0 Å². The second kappa shape index (κ2) is 7.02. The second-order valence-corrected chi connectivity index (χ2v) is 7.45. The number of hydrogen-bond acceptors (Lipinski definition) is 5. The molecule has 130 valence electrons. The normalized spacial score (nSPS) is 17.5. The van der Waals surface area contributed by atoms with Crippen molar-refractivity contribution in [1.82, 2.24) is 14.6 Å². The summed E-state index contributed by atoms with van der Waals surface area (Å²) in [7, 11) is -4.05. The Morgan fingerprint density at radius 3 is 2.52 bits per heavy atom. The molecule has 2 amide bonds. The van der Waals surface area contributed by atoms with E-state index in [9.17, 15) is 18.0 Å². The first-order valence-electron chi connectivity index (χ1n) is 7.79. The van der Waals surface area contributed by atoms with Crippen LogP contribution in [0.15, 0.2) is 59.8 Å². The number of carbonyl (C=O) groups is 2. The molecule has 2 aromatic rings. The highest BCUT2D eigenvalue weighted by atomic mass is 32.2. The highest BCUT2D eigenvalue weighted by Crippen LogP contribution is 2.27. The van der Waals surface area contributed by atoms with Crippen molar-refractivity contribution in [2.75, 3.05) is 0 Å². The van der Waals surface area contributed by atoms with Crippen LogP contribution in [0.2, 0.25) is 0 Å². The van der Waals surface area contributed by atoms with E-state index >= 15 is 0 Å². The summed E-state index contributed by atoms with van der Waals surface area (Å²) in [6, 6.07) is 10.1. The molecule has 7 nitrogen and oxygen atoms in total. The van der Waals surface area contributed by atoms with Gasteiger partial charge in [0.05, 0.1) is 4.90 Å². The first-order chi connectivity index (χ1) is 12.0. The molecule has 1 aliphatic heterocycles. The molecule has 3 rings (SSSR count). The second-order valence-electron chi connectivity index (χ2n) is 5.64. The highest BCUT2D eigenvalue weighted by Gasteiger charge is 2.44. The van der Waals surface area contributed by atoms with E-state index in [4.69, 9.17) is 0 Å². The van der Waals surface area contributed by atoms with Gasteiger partial charge in [-0.2, -0.15) is 0 Å².